The standard InChI is InChI=1S/C15H25N5O3/c1-2-20-14(16-17-15(20)22)12-4-8-18(9-5-12)13(21)6-10-19-7-3-11-23-19/h12H,2-11H2,1H3,(H,17,22). The summed E-state index contributed by atoms with van der Waals surface area (Å²) >= 11 is 0. The minimum Gasteiger partial charge on any atom is -0.343 e. The molecule has 1 aromatic heterocycles. The Balaban J connectivity index is 1.49. The highest BCUT2D eigenvalue weighted by molar-refractivity contribution is 5.76. The average Bonchev–Trinajstić information content (AvgIpc) is 3.22. The summed E-state index contributed by atoms with van der Waals surface area (Å²) in [6.07, 6.45) is 3.27. The van der Waals surface area contributed by atoms with E-state index in [4.69, 9.17) is 4.84 Å². The van der Waals surface area contributed by atoms with Crippen molar-refractivity contribution in [3.05, 3.63) is 16.3 Å². The van der Waals surface area contributed by atoms with E-state index in [1.165, 1.54) is 0 Å². The number of amides is 1. The van der Waals surface area contributed by atoms with Gasteiger partial charge < -0.3 is 4.90 Å². The van der Waals surface area contributed by atoms with Crippen molar-refractivity contribution in [2.75, 3.05) is 32.8 Å². The predicted octanol–water partition coefficient (Wildman–Crippen LogP) is 0.325. The molecule has 0 atom stereocenters. The summed E-state index contributed by atoms with van der Waals surface area (Å²) in [4.78, 5) is 31.3. The van der Waals surface area contributed by atoms with Gasteiger partial charge in [-0.05, 0) is 26.2 Å². The molecular formula is C15H25N5O3. The lowest BCUT2D eigenvalue weighted by Gasteiger charge is -2.32. The molecule has 0 spiro atoms. The van der Waals surface area contributed by atoms with Crippen molar-refractivity contribution >= 4 is 5.91 Å². The van der Waals surface area contributed by atoms with Crippen molar-refractivity contribution in [3.63, 3.8) is 0 Å². The Hall–Kier alpha value is -1.67. The molecule has 3 rings (SSSR count). The molecule has 3 heterocycles. The molecule has 0 aliphatic carbocycles. The zero-order chi connectivity index (χ0) is 16.2. The third-order valence-corrected chi connectivity index (χ3v) is 4.72. The van der Waals surface area contributed by atoms with Crippen molar-refractivity contribution in [1.82, 2.24) is 24.7 Å². The molecule has 2 saturated heterocycles. The Morgan fingerprint density at radius 2 is 2.13 bits per heavy atom. The summed E-state index contributed by atoms with van der Waals surface area (Å²) in [6.45, 7) is 6.39. The second-order valence-corrected chi connectivity index (χ2v) is 6.15. The number of carbonyl (C=O) groups is 1. The number of hydrogen-bond donors (Lipinski definition) is 1. The van der Waals surface area contributed by atoms with E-state index in [-0.39, 0.29) is 17.5 Å². The van der Waals surface area contributed by atoms with Crippen LogP contribution in [0.2, 0.25) is 0 Å². The first-order valence-corrected chi connectivity index (χ1v) is 8.49. The van der Waals surface area contributed by atoms with E-state index in [0.717, 1.165) is 51.3 Å². The first kappa shape index (κ1) is 16.2. The topological polar surface area (TPSA) is 83.5 Å². The molecule has 8 nitrogen and oxygen atoms in total. The van der Waals surface area contributed by atoms with E-state index >= 15 is 0 Å². The van der Waals surface area contributed by atoms with Gasteiger partial charge in [-0.15, -0.1) is 0 Å². The number of carbonyl (C=O) groups excluding carboxylic acids is 1. The molecule has 2 fully saturated rings. The van der Waals surface area contributed by atoms with Crippen LogP contribution in [-0.4, -0.2) is 63.4 Å². The van der Waals surface area contributed by atoms with Crippen molar-refractivity contribution < 1.29 is 9.63 Å². The molecule has 2 aliphatic rings. The Morgan fingerprint density at radius 3 is 2.78 bits per heavy atom. The summed E-state index contributed by atoms with van der Waals surface area (Å²) in [6, 6.07) is 0. The molecule has 128 valence electrons. The first-order chi connectivity index (χ1) is 11.2. The molecule has 2 aliphatic heterocycles. The highest BCUT2D eigenvalue weighted by Crippen LogP contribution is 2.26. The van der Waals surface area contributed by atoms with Crippen LogP contribution in [0.4, 0.5) is 0 Å². The number of piperidine rings is 1. The van der Waals surface area contributed by atoms with E-state index in [2.05, 4.69) is 10.2 Å². The lowest BCUT2D eigenvalue weighted by Crippen LogP contribution is -2.39. The molecular weight excluding hydrogens is 298 g/mol. The SMILES string of the molecule is CCn1c(C2CCN(C(=O)CCN3CCCO3)CC2)n[nH]c1=O. The number of nitrogens with zero attached hydrogens (tertiary/aromatic N) is 4. The maximum absolute atomic E-state index is 12.3. The fraction of sp³-hybridized carbons (Fsp3) is 0.800. The molecule has 1 amide bonds. The first-order valence-electron chi connectivity index (χ1n) is 8.49. The van der Waals surface area contributed by atoms with E-state index in [1.54, 1.807) is 4.57 Å². The van der Waals surface area contributed by atoms with Crippen molar-refractivity contribution in [2.45, 2.75) is 45.1 Å². The third-order valence-electron chi connectivity index (χ3n) is 4.72. The molecule has 23 heavy (non-hydrogen) atoms. The van der Waals surface area contributed by atoms with Gasteiger partial charge in [-0.3, -0.25) is 14.2 Å². The number of likely N-dealkylation sites (tertiary alicyclic amines) is 1. The molecule has 1 aromatic rings. The van der Waals surface area contributed by atoms with E-state index in [1.807, 2.05) is 16.9 Å². The van der Waals surface area contributed by atoms with Gasteiger partial charge in [0.2, 0.25) is 5.91 Å². The highest BCUT2D eigenvalue weighted by atomic mass is 16.7. The second kappa shape index (κ2) is 7.27. The predicted molar refractivity (Wildman–Crippen MR) is 83.8 cm³/mol. The molecule has 0 saturated carbocycles. The van der Waals surface area contributed by atoms with Crippen molar-refractivity contribution in [2.24, 2.45) is 0 Å². The number of hydroxylamine groups is 2. The van der Waals surface area contributed by atoms with Crippen LogP contribution in [0, 0.1) is 0 Å². The minimum absolute atomic E-state index is 0.147. The molecule has 0 bridgehead atoms. The summed E-state index contributed by atoms with van der Waals surface area (Å²) in [5.41, 5.74) is -0.147. The van der Waals surface area contributed by atoms with Crippen LogP contribution >= 0.6 is 0 Å². The van der Waals surface area contributed by atoms with E-state index in [0.29, 0.717) is 19.5 Å². The Kier molecular flexibility index (Phi) is 5.12. The van der Waals surface area contributed by atoms with Crippen LogP contribution in [0.1, 0.15) is 44.3 Å². The van der Waals surface area contributed by atoms with Crippen molar-refractivity contribution in [3.8, 4) is 0 Å². The summed E-state index contributed by atoms with van der Waals surface area (Å²) in [5.74, 6) is 1.27. The minimum atomic E-state index is -0.147. The van der Waals surface area contributed by atoms with Gasteiger partial charge >= 0.3 is 5.69 Å². The van der Waals surface area contributed by atoms with Gasteiger partial charge in [0, 0.05) is 45.1 Å². The normalized spacial score (nSPS) is 20.3. The summed E-state index contributed by atoms with van der Waals surface area (Å²) < 4.78 is 1.69. The van der Waals surface area contributed by atoms with Crippen LogP contribution in [0.15, 0.2) is 4.79 Å². The van der Waals surface area contributed by atoms with Crippen LogP contribution in [-0.2, 0) is 16.2 Å². The third kappa shape index (κ3) is 3.64. The van der Waals surface area contributed by atoms with E-state index < -0.39 is 0 Å². The fourth-order valence-electron chi connectivity index (χ4n) is 3.39. The fourth-order valence-corrected chi connectivity index (χ4v) is 3.39. The largest absolute Gasteiger partial charge is 0.343 e. The van der Waals surface area contributed by atoms with Gasteiger partial charge in [0.05, 0.1) is 6.61 Å². The number of rotatable bonds is 5. The smallest absolute Gasteiger partial charge is 0.343 e. The van der Waals surface area contributed by atoms with Gasteiger partial charge in [-0.2, -0.15) is 10.2 Å². The molecule has 0 aromatic carbocycles. The van der Waals surface area contributed by atoms with Gasteiger partial charge in [0.1, 0.15) is 5.82 Å². The van der Waals surface area contributed by atoms with Crippen molar-refractivity contribution in [1.29, 1.82) is 0 Å². The average molecular weight is 323 g/mol. The zero-order valence-electron chi connectivity index (χ0n) is 13.7. The number of aromatic amines is 1. The molecule has 0 radical (unpaired) electrons. The quantitative estimate of drug-likeness (QED) is 0.844. The van der Waals surface area contributed by atoms with Gasteiger partial charge in [-0.1, -0.05) is 0 Å². The second-order valence-electron chi connectivity index (χ2n) is 6.15. The maximum Gasteiger partial charge on any atom is 0.343 e. The Bertz CT molecular complexity index is 582. The molecule has 1 N–H and O–H groups in total. The zero-order valence-corrected chi connectivity index (χ0v) is 13.7. The highest BCUT2D eigenvalue weighted by Gasteiger charge is 2.27. The number of H-pyrrole nitrogens is 1. The maximum atomic E-state index is 12.3. The number of hydrogen-bond acceptors (Lipinski definition) is 5. The van der Waals surface area contributed by atoms with Crippen LogP contribution in [0.25, 0.3) is 0 Å². The molecule has 0 unspecified atom stereocenters. The Morgan fingerprint density at radius 1 is 1.35 bits per heavy atom. The monoisotopic (exact) mass is 323 g/mol. The molecule has 8 heteroatoms. The van der Waals surface area contributed by atoms with Gasteiger partial charge in [0.15, 0.2) is 0 Å². The lowest BCUT2D eigenvalue weighted by atomic mass is 9.95. The Labute approximate surface area is 135 Å². The van der Waals surface area contributed by atoms with E-state index in [9.17, 15) is 9.59 Å². The van der Waals surface area contributed by atoms with Gasteiger partial charge in [-0.25, -0.2) is 9.89 Å². The number of nitrogens with one attached hydrogen (secondary N) is 1. The lowest BCUT2D eigenvalue weighted by molar-refractivity contribution is -0.139. The van der Waals surface area contributed by atoms with Crippen LogP contribution < -0.4 is 5.69 Å². The summed E-state index contributed by atoms with van der Waals surface area (Å²) in [7, 11) is 0. The summed E-state index contributed by atoms with van der Waals surface area (Å²) in [5, 5.41) is 8.58. The van der Waals surface area contributed by atoms with Crippen LogP contribution in [0.5, 0.6) is 0 Å². The van der Waals surface area contributed by atoms with Crippen LogP contribution in [0.3, 0.4) is 0 Å². The van der Waals surface area contributed by atoms with Gasteiger partial charge in [0.25, 0.3) is 0 Å². The number of aromatic nitrogens is 3.